The smallest absolute Gasteiger partial charge is 0.248 e. The van der Waals surface area contributed by atoms with E-state index in [2.05, 4.69) is 5.32 Å². The van der Waals surface area contributed by atoms with Crippen molar-refractivity contribution in [3.8, 4) is 5.75 Å². The molecule has 2 unspecified atom stereocenters. The van der Waals surface area contributed by atoms with E-state index in [1.807, 2.05) is 30.3 Å². The van der Waals surface area contributed by atoms with E-state index < -0.39 is 12.2 Å². The summed E-state index contributed by atoms with van der Waals surface area (Å²) >= 11 is 0. The van der Waals surface area contributed by atoms with Crippen LogP contribution in [0.3, 0.4) is 0 Å². The molecule has 2 aromatic carbocycles. The summed E-state index contributed by atoms with van der Waals surface area (Å²) in [7, 11) is 0. The highest BCUT2D eigenvalue weighted by molar-refractivity contribution is 5.80. The van der Waals surface area contributed by atoms with Gasteiger partial charge in [0.15, 0.2) is 0 Å². The molecule has 0 aliphatic rings. The van der Waals surface area contributed by atoms with Crippen LogP contribution in [0.5, 0.6) is 5.75 Å². The fourth-order valence-electron chi connectivity index (χ4n) is 2.02. The predicted molar refractivity (Wildman–Crippen MR) is 91.6 cm³/mol. The van der Waals surface area contributed by atoms with E-state index in [0.29, 0.717) is 12.4 Å². The molecular weight excluding hydrogens is 325 g/mol. The molecule has 2 atom stereocenters. The van der Waals surface area contributed by atoms with Crippen molar-refractivity contribution < 1.29 is 23.8 Å². The molecule has 25 heavy (non-hydrogen) atoms. The van der Waals surface area contributed by atoms with E-state index in [1.54, 1.807) is 6.92 Å². The quantitative estimate of drug-likeness (QED) is 0.730. The summed E-state index contributed by atoms with van der Waals surface area (Å²) in [5.74, 6) is -0.215. The molecule has 1 amide bonds. The molecule has 0 saturated carbocycles. The highest BCUT2D eigenvalue weighted by Gasteiger charge is 2.15. The maximum atomic E-state index is 12.8. The van der Waals surface area contributed by atoms with Gasteiger partial charge < -0.3 is 19.9 Å². The SMILES string of the molecule is CC(OCc1ccccc1)C(=O)NCC(O)COc1ccc(F)cc1. The van der Waals surface area contributed by atoms with Crippen LogP contribution >= 0.6 is 0 Å². The fraction of sp³-hybridized carbons (Fsp3) is 0.316. The maximum absolute atomic E-state index is 12.8. The average Bonchev–Trinajstić information content (AvgIpc) is 2.64. The van der Waals surface area contributed by atoms with Gasteiger partial charge >= 0.3 is 0 Å². The summed E-state index contributed by atoms with van der Waals surface area (Å²) in [5, 5.41) is 12.5. The number of nitrogens with one attached hydrogen (secondary N) is 1. The van der Waals surface area contributed by atoms with Crippen molar-refractivity contribution in [2.24, 2.45) is 0 Å². The molecule has 2 N–H and O–H groups in total. The number of rotatable bonds is 9. The topological polar surface area (TPSA) is 67.8 Å². The molecule has 0 bridgehead atoms. The van der Waals surface area contributed by atoms with E-state index >= 15 is 0 Å². The van der Waals surface area contributed by atoms with Crippen molar-refractivity contribution in [1.82, 2.24) is 5.32 Å². The first-order valence-corrected chi connectivity index (χ1v) is 8.04. The Labute approximate surface area is 146 Å². The van der Waals surface area contributed by atoms with Crippen LogP contribution in [0.4, 0.5) is 4.39 Å². The predicted octanol–water partition coefficient (Wildman–Crippen LogP) is 2.29. The van der Waals surface area contributed by atoms with Gasteiger partial charge in [-0.15, -0.1) is 0 Å². The van der Waals surface area contributed by atoms with Gasteiger partial charge in [0, 0.05) is 6.54 Å². The molecule has 6 heteroatoms. The minimum absolute atomic E-state index is 0.00876. The van der Waals surface area contributed by atoms with Crippen LogP contribution in [0, 0.1) is 5.82 Å². The largest absolute Gasteiger partial charge is 0.491 e. The number of halogens is 1. The van der Waals surface area contributed by atoms with Crippen LogP contribution in [0.2, 0.25) is 0 Å². The van der Waals surface area contributed by atoms with Gasteiger partial charge in [-0.3, -0.25) is 4.79 Å². The molecule has 0 aliphatic heterocycles. The van der Waals surface area contributed by atoms with Crippen LogP contribution < -0.4 is 10.1 Å². The maximum Gasteiger partial charge on any atom is 0.248 e. The Hall–Kier alpha value is -2.44. The lowest BCUT2D eigenvalue weighted by molar-refractivity contribution is -0.133. The second kappa shape index (κ2) is 9.76. The third-order valence-corrected chi connectivity index (χ3v) is 3.48. The molecule has 0 heterocycles. The third-order valence-electron chi connectivity index (χ3n) is 3.48. The fourth-order valence-corrected chi connectivity index (χ4v) is 2.02. The van der Waals surface area contributed by atoms with E-state index in [1.165, 1.54) is 24.3 Å². The highest BCUT2D eigenvalue weighted by Crippen LogP contribution is 2.11. The Kier molecular flexibility index (Phi) is 7.37. The number of benzene rings is 2. The van der Waals surface area contributed by atoms with E-state index in [0.717, 1.165) is 5.56 Å². The number of carbonyl (C=O) groups is 1. The van der Waals surface area contributed by atoms with Crippen molar-refractivity contribution in [3.63, 3.8) is 0 Å². The van der Waals surface area contributed by atoms with Gasteiger partial charge in [-0.05, 0) is 36.8 Å². The average molecular weight is 347 g/mol. The van der Waals surface area contributed by atoms with Gasteiger partial charge in [-0.25, -0.2) is 4.39 Å². The zero-order valence-corrected chi connectivity index (χ0v) is 14.0. The Morgan fingerprint density at radius 1 is 1.16 bits per heavy atom. The van der Waals surface area contributed by atoms with Crippen LogP contribution in [-0.4, -0.2) is 36.4 Å². The Morgan fingerprint density at radius 3 is 2.52 bits per heavy atom. The number of aliphatic hydroxyl groups excluding tert-OH is 1. The summed E-state index contributed by atoms with van der Waals surface area (Å²) in [6, 6.07) is 15.0. The van der Waals surface area contributed by atoms with Crippen molar-refractivity contribution in [1.29, 1.82) is 0 Å². The minimum atomic E-state index is -0.879. The number of ether oxygens (including phenoxy) is 2. The highest BCUT2D eigenvalue weighted by atomic mass is 19.1. The van der Waals surface area contributed by atoms with E-state index in [4.69, 9.17) is 9.47 Å². The van der Waals surface area contributed by atoms with Gasteiger partial charge in [-0.1, -0.05) is 30.3 Å². The van der Waals surface area contributed by atoms with Crippen LogP contribution in [-0.2, 0) is 16.1 Å². The molecule has 0 spiro atoms. The summed E-state index contributed by atoms with van der Waals surface area (Å²) in [4.78, 5) is 12.0. The second-order valence-corrected chi connectivity index (χ2v) is 5.60. The van der Waals surface area contributed by atoms with Crippen LogP contribution in [0.25, 0.3) is 0 Å². The number of amides is 1. The van der Waals surface area contributed by atoms with Crippen molar-refractivity contribution >= 4 is 5.91 Å². The van der Waals surface area contributed by atoms with Gasteiger partial charge in [0.2, 0.25) is 5.91 Å². The molecule has 5 nitrogen and oxygen atoms in total. The molecule has 134 valence electrons. The standard InChI is InChI=1S/C19H22FNO4/c1-14(24-12-15-5-3-2-4-6-15)19(23)21-11-17(22)13-25-18-9-7-16(20)8-10-18/h2-10,14,17,22H,11-13H2,1H3,(H,21,23). The number of carbonyl (C=O) groups excluding carboxylic acids is 1. The normalized spacial score (nSPS) is 13.1. The Balaban J connectivity index is 1.65. The minimum Gasteiger partial charge on any atom is -0.491 e. The molecule has 0 saturated heterocycles. The first-order valence-electron chi connectivity index (χ1n) is 8.04. The zero-order chi connectivity index (χ0) is 18.1. The van der Waals surface area contributed by atoms with Gasteiger partial charge in [-0.2, -0.15) is 0 Å². The molecule has 0 aromatic heterocycles. The van der Waals surface area contributed by atoms with Crippen molar-refractivity contribution in [3.05, 3.63) is 66.0 Å². The number of aliphatic hydroxyl groups is 1. The zero-order valence-electron chi connectivity index (χ0n) is 14.0. The second-order valence-electron chi connectivity index (χ2n) is 5.60. The summed E-state index contributed by atoms with van der Waals surface area (Å²) < 4.78 is 23.6. The molecule has 0 aliphatic carbocycles. The van der Waals surface area contributed by atoms with Gasteiger partial charge in [0.25, 0.3) is 0 Å². The monoisotopic (exact) mass is 347 g/mol. The number of hydrogen-bond acceptors (Lipinski definition) is 4. The summed E-state index contributed by atoms with van der Waals surface area (Å²) in [5.41, 5.74) is 0.981. The molecular formula is C19H22FNO4. The summed E-state index contributed by atoms with van der Waals surface area (Å²) in [6.45, 7) is 2.02. The molecule has 2 aromatic rings. The van der Waals surface area contributed by atoms with Crippen molar-refractivity contribution in [2.45, 2.75) is 25.7 Å². The number of hydrogen-bond donors (Lipinski definition) is 2. The molecule has 0 fully saturated rings. The third kappa shape index (κ3) is 6.91. The lowest BCUT2D eigenvalue weighted by Crippen LogP contribution is -2.40. The first-order chi connectivity index (χ1) is 12.0. The first kappa shape index (κ1) is 18.9. The molecule has 2 rings (SSSR count). The molecule has 0 radical (unpaired) electrons. The summed E-state index contributed by atoms with van der Waals surface area (Å²) in [6.07, 6.45) is -1.51. The lowest BCUT2D eigenvalue weighted by Gasteiger charge is -2.16. The van der Waals surface area contributed by atoms with E-state index in [9.17, 15) is 14.3 Å². The van der Waals surface area contributed by atoms with Gasteiger partial charge in [0.1, 0.15) is 30.4 Å². The Morgan fingerprint density at radius 2 is 1.84 bits per heavy atom. The van der Waals surface area contributed by atoms with Crippen LogP contribution in [0.1, 0.15) is 12.5 Å². The Bertz CT molecular complexity index is 648. The van der Waals surface area contributed by atoms with Gasteiger partial charge in [0.05, 0.1) is 6.61 Å². The van der Waals surface area contributed by atoms with Crippen LogP contribution in [0.15, 0.2) is 54.6 Å². The lowest BCUT2D eigenvalue weighted by atomic mass is 10.2. The van der Waals surface area contributed by atoms with E-state index in [-0.39, 0.29) is 24.9 Å². The van der Waals surface area contributed by atoms with Crippen molar-refractivity contribution in [2.75, 3.05) is 13.2 Å².